The predicted octanol–water partition coefficient (Wildman–Crippen LogP) is 7.62. The van der Waals surface area contributed by atoms with Gasteiger partial charge in [-0.05, 0) is 97.1 Å². The minimum atomic E-state index is 0.560. The van der Waals surface area contributed by atoms with Crippen molar-refractivity contribution in [1.82, 2.24) is 15.0 Å². The molecule has 0 unspecified atom stereocenters. The van der Waals surface area contributed by atoms with Crippen LogP contribution in [0, 0.1) is 0 Å². The second-order valence-electron chi connectivity index (χ2n) is 9.06. The molecule has 0 amide bonds. The molecule has 0 aliphatic carbocycles. The number of nitrogens with zero attached hydrogens (tertiary/aromatic N) is 3. The molecule has 0 spiro atoms. The summed E-state index contributed by atoms with van der Waals surface area (Å²) in [5.41, 5.74) is 15.5. The van der Waals surface area contributed by atoms with E-state index < -0.39 is 0 Å². The van der Waals surface area contributed by atoms with E-state index in [1.54, 1.807) is 24.3 Å². The number of ether oxygens (including phenoxy) is 2. The van der Waals surface area contributed by atoms with Gasteiger partial charge in [-0.15, -0.1) is 0 Å². The molecule has 0 aliphatic heterocycles. The lowest BCUT2D eigenvalue weighted by atomic mass is 10.1. The van der Waals surface area contributed by atoms with Gasteiger partial charge in [0.05, 0.1) is 0 Å². The molecule has 5 aromatic carbocycles. The molecule has 1 aromatic heterocycles. The zero-order chi connectivity index (χ0) is 27.3. The fourth-order valence-electron chi connectivity index (χ4n) is 4.04. The second-order valence-corrected chi connectivity index (χ2v) is 9.06. The summed E-state index contributed by atoms with van der Waals surface area (Å²) in [5.74, 6) is 4.52. The zero-order valence-corrected chi connectivity index (χ0v) is 21.4. The van der Waals surface area contributed by atoms with Crippen LogP contribution in [0.15, 0.2) is 127 Å². The van der Waals surface area contributed by atoms with E-state index in [0.29, 0.717) is 51.8 Å². The molecule has 7 heteroatoms. The van der Waals surface area contributed by atoms with Crippen molar-refractivity contribution in [3.05, 3.63) is 127 Å². The van der Waals surface area contributed by atoms with Crippen molar-refractivity contribution in [3.63, 3.8) is 0 Å². The number of hydrogen-bond acceptors (Lipinski definition) is 7. The first-order valence-electron chi connectivity index (χ1n) is 12.7. The van der Waals surface area contributed by atoms with E-state index in [-0.39, 0.29) is 0 Å². The van der Waals surface area contributed by atoms with Crippen LogP contribution in [0.5, 0.6) is 23.0 Å². The molecule has 0 saturated heterocycles. The van der Waals surface area contributed by atoms with Crippen LogP contribution in [0.2, 0.25) is 0 Å². The number of aromatic nitrogens is 3. The maximum absolute atomic E-state index is 5.94. The van der Waals surface area contributed by atoms with E-state index in [1.807, 2.05) is 103 Å². The number of nitrogen functional groups attached to an aromatic ring is 2. The topological polar surface area (TPSA) is 109 Å². The number of hydrogen-bond donors (Lipinski definition) is 2. The maximum Gasteiger partial charge on any atom is 0.164 e. The van der Waals surface area contributed by atoms with Gasteiger partial charge in [-0.3, -0.25) is 0 Å². The molecule has 0 saturated carbocycles. The van der Waals surface area contributed by atoms with Crippen LogP contribution in [0.3, 0.4) is 0 Å². The number of rotatable bonds is 7. The standard InChI is InChI=1S/C33H25N5O2/c34-25-10-18-29(19-11-25)39-27-14-6-23(7-15-27)32-36-31(22-4-2-1-3-5-22)37-33(38-32)24-8-16-28(17-9-24)40-30-20-12-26(35)13-21-30/h1-21H,34-35H2. The average molecular weight is 524 g/mol. The van der Waals surface area contributed by atoms with Gasteiger partial charge in [-0.1, -0.05) is 30.3 Å². The molecular formula is C33H25N5O2. The minimum Gasteiger partial charge on any atom is -0.457 e. The van der Waals surface area contributed by atoms with Crippen LogP contribution in [0.4, 0.5) is 11.4 Å². The molecule has 6 aromatic rings. The molecule has 4 N–H and O–H groups in total. The molecule has 40 heavy (non-hydrogen) atoms. The molecule has 0 atom stereocenters. The highest BCUT2D eigenvalue weighted by Gasteiger charge is 2.13. The lowest BCUT2D eigenvalue weighted by Crippen LogP contribution is -2.00. The van der Waals surface area contributed by atoms with Crippen molar-refractivity contribution < 1.29 is 9.47 Å². The highest BCUT2D eigenvalue weighted by atomic mass is 16.5. The van der Waals surface area contributed by atoms with Gasteiger partial charge in [0.1, 0.15) is 23.0 Å². The van der Waals surface area contributed by atoms with Crippen molar-refractivity contribution in [2.75, 3.05) is 11.5 Å². The molecule has 0 radical (unpaired) electrons. The Morgan fingerprint density at radius 2 is 0.650 bits per heavy atom. The van der Waals surface area contributed by atoms with Crippen molar-refractivity contribution in [2.24, 2.45) is 0 Å². The third-order valence-corrected chi connectivity index (χ3v) is 6.12. The van der Waals surface area contributed by atoms with Crippen LogP contribution in [0.1, 0.15) is 0 Å². The normalized spacial score (nSPS) is 10.7. The average Bonchev–Trinajstić information content (AvgIpc) is 3.00. The minimum absolute atomic E-state index is 0.560. The zero-order valence-electron chi connectivity index (χ0n) is 21.4. The van der Waals surface area contributed by atoms with Crippen molar-refractivity contribution >= 4 is 11.4 Å². The SMILES string of the molecule is Nc1ccc(Oc2ccc(-c3nc(-c4ccccc4)nc(-c4ccc(Oc5ccc(N)cc5)cc4)n3)cc2)cc1. The molecule has 7 nitrogen and oxygen atoms in total. The van der Waals surface area contributed by atoms with Gasteiger partial charge in [0.25, 0.3) is 0 Å². The Balaban J connectivity index is 1.30. The lowest BCUT2D eigenvalue weighted by Gasteiger charge is -2.10. The van der Waals surface area contributed by atoms with Crippen LogP contribution in [-0.2, 0) is 0 Å². The monoisotopic (exact) mass is 523 g/mol. The van der Waals surface area contributed by atoms with E-state index in [2.05, 4.69) is 0 Å². The first kappa shape index (κ1) is 24.6. The number of nitrogens with two attached hydrogens (primary N) is 2. The fourth-order valence-corrected chi connectivity index (χ4v) is 4.04. The van der Waals surface area contributed by atoms with Gasteiger partial charge in [0.2, 0.25) is 0 Å². The molecule has 0 bridgehead atoms. The molecule has 0 fully saturated rings. The first-order chi connectivity index (χ1) is 19.6. The Morgan fingerprint density at radius 3 is 1.00 bits per heavy atom. The highest BCUT2D eigenvalue weighted by Crippen LogP contribution is 2.29. The Kier molecular flexibility index (Phi) is 6.75. The van der Waals surface area contributed by atoms with Gasteiger partial charge in [0.15, 0.2) is 17.5 Å². The Hall–Kier alpha value is -5.69. The van der Waals surface area contributed by atoms with E-state index in [4.69, 9.17) is 35.9 Å². The second kappa shape index (κ2) is 11.0. The fraction of sp³-hybridized carbons (Fsp3) is 0. The van der Waals surface area contributed by atoms with Gasteiger partial charge in [-0.2, -0.15) is 0 Å². The molecule has 194 valence electrons. The van der Waals surface area contributed by atoms with Gasteiger partial charge in [-0.25, -0.2) is 15.0 Å². The summed E-state index contributed by atoms with van der Waals surface area (Å²) in [6.07, 6.45) is 0. The largest absolute Gasteiger partial charge is 0.457 e. The number of anilines is 2. The van der Waals surface area contributed by atoms with Crippen LogP contribution >= 0.6 is 0 Å². The Bertz CT molecular complexity index is 1610. The highest BCUT2D eigenvalue weighted by molar-refractivity contribution is 5.67. The summed E-state index contributed by atoms with van der Waals surface area (Å²) < 4.78 is 11.9. The summed E-state index contributed by atoms with van der Waals surface area (Å²) in [4.78, 5) is 14.4. The van der Waals surface area contributed by atoms with E-state index in [1.165, 1.54) is 0 Å². The van der Waals surface area contributed by atoms with Crippen LogP contribution in [0.25, 0.3) is 34.2 Å². The van der Waals surface area contributed by atoms with Crippen LogP contribution < -0.4 is 20.9 Å². The van der Waals surface area contributed by atoms with E-state index in [0.717, 1.165) is 16.7 Å². The third-order valence-electron chi connectivity index (χ3n) is 6.12. The van der Waals surface area contributed by atoms with Crippen molar-refractivity contribution in [3.8, 4) is 57.2 Å². The van der Waals surface area contributed by atoms with Gasteiger partial charge >= 0.3 is 0 Å². The summed E-state index contributed by atoms with van der Waals surface area (Å²) in [5, 5.41) is 0. The third kappa shape index (κ3) is 5.74. The molecule has 1 heterocycles. The Morgan fingerprint density at radius 1 is 0.350 bits per heavy atom. The first-order valence-corrected chi connectivity index (χ1v) is 12.7. The molecular weight excluding hydrogens is 498 g/mol. The molecule has 6 rings (SSSR count). The van der Waals surface area contributed by atoms with Crippen LogP contribution in [-0.4, -0.2) is 15.0 Å². The summed E-state index contributed by atoms with van der Waals surface area (Å²) in [6.45, 7) is 0. The summed E-state index contributed by atoms with van der Waals surface area (Å²) in [6, 6.07) is 39.7. The van der Waals surface area contributed by atoms with Crippen molar-refractivity contribution in [1.29, 1.82) is 0 Å². The summed E-state index contributed by atoms with van der Waals surface area (Å²) >= 11 is 0. The molecule has 0 aliphatic rings. The summed E-state index contributed by atoms with van der Waals surface area (Å²) in [7, 11) is 0. The maximum atomic E-state index is 5.94. The lowest BCUT2D eigenvalue weighted by molar-refractivity contribution is 0.482. The predicted molar refractivity (Wildman–Crippen MR) is 158 cm³/mol. The van der Waals surface area contributed by atoms with Gasteiger partial charge < -0.3 is 20.9 Å². The van der Waals surface area contributed by atoms with E-state index >= 15 is 0 Å². The Labute approximate surface area is 231 Å². The quantitative estimate of drug-likeness (QED) is 0.207. The van der Waals surface area contributed by atoms with E-state index in [9.17, 15) is 0 Å². The van der Waals surface area contributed by atoms with Crippen molar-refractivity contribution in [2.45, 2.75) is 0 Å². The van der Waals surface area contributed by atoms with Gasteiger partial charge in [0, 0.05) is 28.1 Å². The smallest absolute Gasteiger partial charge is 0.164 e. The number of benzene rings is 5.